The zero-order chi connectivity index (χ0) is 18.2. The van der Waals surface area contributed by atoms with Gasteiger partial charge < -0.3 is 15.4 Å². The minimum absolute atomic E-state index is 0.345. The van der Waals surface area contributed by atoms with Crippen molar-refractivity contribution in [3.05, 3.63) is 78.1 Å². The van der Waals surface area contributed by atoms with Crippen molar-refractivity contribution in [3.8, 4) is 5.75 Å². The van der Waals surface area contributed by atoms with Crippen molar-refractivity contribution in [2.45, 2.75) is 26.6 Å². The van der Waals surface area contributed by atoms with E-state index in [1.165, 1.54) is 11.1 Å². The molecule has 6 heteroatoms. The third kappa shape index (κ3) is 5.32. The van der Waals surface area contributed by atoms with Gasteiger partial charge >= 0.3 is 0 Å². The second kappa shape index (κ2) is 9.01. The fraction of sp³-hybridized carbons (Fsp3) is 0.200. The average molecular weight is 366 g/mol. The van der Waals surface area contributed by atoms with Crippen molar-refractivity contribution in [2.24, 2.45) is 0 Å². The van der Waals surface area contributed by atoms with E-state index >= 15 is 0 Å². The second-order valence-corrected chi connectivity index (χ2v) is 6.24. The van der Waals surface area contributed by atoms with Gasteiger partial charge in [-0.05, 0) is 41.9 Å². The molecule has 1 heterocycles. The van der Waals surface area contributed by atoms with Crippen molar-refractivity contribution in [3.63, 3.8) is 0 Å². The van der Waals surface area contributed by atoms with Gasteiger partial charge in [-0.15, -0.1) is 0 Å². The fourth-order valence-electron chi connectivity index (χ4n) is 2.41. The Balaban J connectivity index is 1.45. The first-order chi connectivity index (χ1) is 12.7. The highest BCUT2D eigenvalue weighted by molar-refractivity contribution is 7.80. The Kier molecular flexibility index (Phi) is 6.22. The number of nitrogens with zero attached hydrogens (tertiary/aromatic N) is 2. The third-order valence-corrected chi connectivity index (χ3v) is 4.13. The van der Waals surface area contributed by atoms with E-state index in [0.29, 0.717) is 18.4 Å². The Morgan fingerprint density at radius 3 is 2.58 bits per heavy atom. The average Bonchev–Trinajstić information content (AvgIpc) is 3.13. The Morgan fingerprint density at radius 1 is 1.08 bits per heavy atom. The quantitative estimate of drug-likeness (QED) is 0.620. The maximum absolute atomic E-state index is 5.74. The zero-order valence-corrected chi connectivity index (χ0v) is 15.5. The van der Waals surface area contributed by atoms with Crippen LogP contribution in [0.5, 0.6) is 5.75 Å². The first-order valence-electron chi connectivity index (χ1n) is 8.56. The predicted molar refractivity (Wildman–Crippen MR) is 108 cm³/mol. The topological polar surface area (TPSA) is 51.1 Å². The highest BCUT2D eigenvalue weighted by Gasteiger charge is 2.02. The number of ether oxygens (including phenoxy) is 1. The van der Waals surface area contributed by atoms with Crippen LogP contribution < -0.4 is 15.4 Å². The van der Waals surface area contributed by atoms with E-state index < -0.39 is 0 Å². The van der Waals surface area contributed by atoms with Crippen LogP contribution in [0.4, 0.5) is 5.69 Å². The van der Waals surface area contributed by atoms with Crippen molar-refractivity contribution < 1.29 is 4.74 Å². The molecule has 0 spiro atoms. The Labute approximate surface area is 159 Å². The summed E-state index contributed by atoms with van der Waals surface area (Å²) >= 11 is 5.32. The summed E-state index contributed by atoms with van der Waals surface area (Å²) in [4.78, 5) is 0. The molecule has 3 rings (SSSR count). The number of nitrogens with one attached hydrogen (secondary N) is 2. The van der Waals surface area contributed by atoms with Crippen LogP contribution in [0.25, 0.3) is 0 Å². The summed E-state index contributed by atoms with van der Waals surface area (Å²) in [5.41, 5.74) is 3.29. The minimum Gasteiger partial charge on any atom is -0.471 e. The van der Waals surface area contributed by atoms with E-state index in [4.69, 9.17) is 17.0 Å². The van der Waals surface area contributed by atoms with Gasteiger partial charge in [0.25, 0.3) is 0 Å². The van der Waals surface area contributed by atoms with E-state index in [-0.39, 0.29) is 0 Å². The summed E-state index contributed by atoms with van der Waals surface area (Å²) in [6.07, 6.45) is 4.60. The molecule has 0 bridgehead atoms. The highest BCUT2D eigenvalue weighted by atomic mass is 32.1. The molecule has 26 heavy (non-hydrogen) atoms. The summed E-state index contributed by atoms with van der Waals surface area (Å²) in [7, 11) is 0. The molecule has 0 aliphatic carbocycles. The smallest absolute Gasteiger partial charge is 0.180 e. The zero-order valence-electron chi connectivity index (χ0n) is 14.7. The molecule has 0 atom stereocenters. The number of hydrogen-bond acceptors (Lipinski definition) is 3. The molecule has 0 amide bonds. The number of anilines is 1. The first-order valence-corrected chi connectivity index (χ1v) is 8.96. The number of aryl methyl sites for hydroxylation is 1. The Hall–Kier alpha value is -2.86. The lowest BCUT2D eigenvalue weighted by Gasteiger charge is -2.09. The van der Waals surface area contributed by atoms with Gasteiger partial charge in [0.15, 0.2) is 11.8 Å². The van der Waals surface area contributed by atoms with Gasteiger partial charge in [0.1, 0.15) is 5.75 Å². The molecular weight excluding hydrogens is 344 g/mol. The SMILES string of the molecule is CCc1ccc(OCn2cc(NC(=S)NCc3ccccc3)cn2)cc1. The molecule has 2 N–H and O–H groups in total. The fourth-order valence-corrected chi connectivity index (χ4v) is 2.60. The van der Waals surface area contributed by atoms with Gasteiger partial charge in [-0.25, -0.2) is 4.68 Å². The van der Waals surface area contributed by atoms with Crippen molar-refractivity contribution in [1.82, 2.24) is 15.1 Å². The van der Waals surface area contributed by atoms with Crippen molar-refractivity contribution in [1.29, 1.82) is 0 Å². The molecule has 3 aromatic rings. The summed E-state index contributed by atoms with van der Waals surface area (Å²) in [6, 6.07) is 18.2. The van der Waals surface area contributed by atoms with Crippen LogP contribution >= 0.6 is 12.2 Å². The van der Waals surface area contributed by atoms with Crippen LogP contribution in [0.15, 0.2) is 67.0 Å². The molecule has 0 unspecified atom stereocenters. The van der Waals surface area contributed by atoms with Crippen molar-refractivity contribution in [2.75, 3.05) is 5.32 Å². The summed E-state index contributed by atoms with van der Waals surface area (Å²) in [5.74, 6) is 0.826. The standard InChI is InChI=1S/C20H22N4OS/c1-2-16-8-10-19(11-9-16)25-15-24-14-18(13-22-24)23-20(26)21-12-17-6-4-3-5-7-17/h3-11,13-14H,2,12,15H2,1H3,(H2,21,23,26). The highest BCUT2D eigenvalue weighted by Crippen LogP contribution is 2.13. The molecule has 2 aromatic carbocycles. The van der Waals surface area contributed by atoms with Crippen LogP contribution in [-0.4, -0.2) is 14.9 Å². The van der Waals surface area contributed by atoms with E-state index in [2.05, 4.69) is 46.9 Å². The van der Waals surface area contributed by atoms with E-state index in [0.717, 1.165) is 17.9 Å². The lowest BCUT2D eigenvalue weighted by molar-refractivity contribution is 0.221. The normalized spacial score (nSPS) is 10.3. The molecule has 134 valence electrons. The van der Waals surface area contributed by atoms with Crippen molar-refractivity contribution >= 4 is 23.0 Å². The number of aromatic nitrogens is 2. The molecule has 0 radical (unpaired) electrons. The number of thiocarbonyl (C=S) groups is 1. The molecule has 0 aliphatic heterocycles. The van der Waals surface area contributed by atoms with Gasteiger partial charge in [0.05, 0.1) is 18.1 Å². The van der Waals surface area contributed by atoms with E-state index in [1.807, 2.05) is 36.5 Å². The van der Waals surface area contributed by atoms with Gasteiger partial charge in [0, 0.05) is 6.54 Å². The van der Waals surface area contributed by atoms with E-state index in [9.17, 15) is 0 Å². The van der Waals surface area contributed by atoms with Gasteiger partial charge in [0.2, 0.25) is 0 Å². The minimum atomic E-state index is 0.345. The molecular formula is C20H22N4OS. The molecule has 0 saturated carbocycles. The number of hydrogen-bond donors (Lipinski definition) is 2. The van der Waals surface area contributed by atoms with Crippen LogP contribution in [0.1, 0.15) is 18.1 Å². The molecule has 0 fully saturated rings. The van der Waals surface area contributed by atoms with Gasteiger partial charge in [-0.1, -0.05) is 49.4 Å². The monoisotopic (exact) mass is 366 g/mol. The maximum atomic E-state index is 5.74. The molecule has 0 saturated heterocycles. The first kappa shape index (κ1) is 17.9. The third-order valence-electron chi connectivity index (χ3n) is 3.88. The summed E-state index contributed by atoms with van der Waals surface area (Å²) in [5, 5.41) is 11.1. The maximum Gasteiger partial charge on any atom is 0.180 e. The van der Waals surface area contributed by atoms with Gasteiger partial charge in [-0.3, -0.25) is 0 Å². The number of rotatable bonds is 7. The molecule has 5 nitrogen and oxygen atoms in total. The summed E-state index contributed by atoms with van der Waals surface area (Å²) in [6.45, 7) is 3.16. The summed E-state index contributed by atoms with van der Waals surface area (Å²) < 4.78 is 7.46. The van der Waals surface area contributed by atoms with Gasteiger partial charge in [-0.2, -0.15) is 5.10 Å². The van der Waals surface area contributed by atoms with Crippen LogP contribution in [0.2, 0.25) is 0 Å². The molecule has 0 aliphatic rings. The largest absolute Gasteiger partial charge is 0.471 e. The second-order valence-electron chi connectivity index (χ2n) is 5.83. The predicted octanol–water partition coefficient (Wildman–Crippen LogP) is 3.97. The molecule has 1 aromatic heterocycles. The number of benzene rings is 2. The van der Waals surface area contributed by atoms with Crippen LogP contribution in [0, 0.1) is 0 Å². The van der Waals surface area contributed by atoms with Crippen LogP contribution in [0.3, 0.4) is 0 Å². The Morgan fingerprint density at radius 2 is 1.85 bits per heavy atom. The lowest BCUT2D eigenvalue weighted by atomic mass is 10.2. The van der Waals surface area contributed by atoms with E-state index in [1.54, 1.807) is 10.9 Å². The van der Waals surface area contributed by atoms with Crippen LogP contribution in [-0.2, 0) is 19.7 Å². The Bertz CT molecular complexity index is 831. The lowest BCUT2D eigenvalue weighted by Crippen LogP contribution is -2.27.